The molecule has 0 radical (unpaired) electrons. The maximum atomic E-state index is 11.0. The Bertz CT molecular complexity index is 472. The van der Waals surface area contributed by atoms with E-state index in [1.807, 2.05) is 0 Å². The van der Waals surface area contributed by atoms with E-state index < -0.39 is 0 Å². The van der Waals surface area contributed by atoms with Gasteiger partial charge >= 0.3 is 0 Å². The largest absolute Gasteiger partial charge is 0.346 e. The smallest absolute Gasteiger partial charge is 0.287 e. The zero-order chi connectivity index (χ0) is 14.8. The molecule has 2 nitrogen and oxygen atoms in total. The Morgan fingerprint density at radius 2 is 1.79 bits per heavy atom. The Morgan fingerprint density at radius 1 is 1.21 bits per heavy atom. The Morgan fingerprint density at radius 3 is 2.21 bits per heavy atom. The maximum Gasteiger partial charge on any atom is 0.287 e. The predicted octanol–water partition coefficient (Wildman–Crippen LogP) is 4.67. The first-order valence-corrected chi connectivity index (χ1v) is 7.38. The van der Waals surface area contributed by atoms with E-state index in [0.29, 0.717) is 6.54 Å². The number of aryl methyl sites for hydroxylation is 1. The van der Waals surface area contributed by atoms with Crippen molar-refractivity contribution in [3.63, 3.8) is 0 Å². The molecule has 3 heteroatoms. The molecule has 0 aromatic heterocycles. The summed E-state index contributed by atoms with van der Waals surface area (Å²) in [5, 5.41) is 2.83. The highest BCUT2D eigenvalue weighted by Gasteiger charge is 2.24. The SMILES string of the molecule is Cc1cc(C(C)(C)C)ccc1C(C)(C)CNC(=O)Br. The van der Waals surface area contributed by atoms with Gasteiger partial charge in [-0.05, 0) is 29.0 Å². The number of benzene rings is 1. The van der Waals surface area contributed by atoms with Crippen LogP contribution in [0.1, 0.15) is 51.3 Å². The minimum atomic E-state index is -0.162. The van der Waals surface area contributed by atoms with E-state index in [1.165, 1.54) is 16.7 Å². The Labute approximate surface area is 125 Å². The van der Waals surface area contributed by atoms with Gasteiger partial charge in [0.25, 0.3) is 4.82 Å². The van der Waals surface area contributed by atoms with E-state index in [4.69, 9.17) is 0 Å². The molecule has 0 bridgehead atoms. The molecule has 1 N–H and O–H groups in total. The van der Waals surface area contributed by atoms with Gasteiger partial charge in [-0.1, -0.05) is 52.8 Å². The number of carbonyl (C=O) groups excluding carboxylic acids is 1. The highest BCUT2D eigenvalue weighted by molar-refractivity contribution is 9.18. The summed E-state index contributed by atoms with van der Waals surface area (Å²) in [6.45, 7) is 13.7. The van der Waals surface area contributed by atoms with Crippen molar-refractivity contribution in [3.05, 3.63) is 34.9 Å². The van der Waals surface area contributed by atoms with Crippen LogP contribution >= 0.6 is 15.9 Å². The van der Waals surface area contributed by atoms with Crippen LogP contribution in [0.15, 0.2) is 18.2 Å². The summed E-state index contributed by atoms with van der Waals surface area (Å²) < 4.78 is 0. The first kappa shape index (κ1) is 16.2. The van der Waals surface area contributed by atoms with Gasteiger partial charge in [-0.2, -0.15) is 0 Å². The molecule has 1 rings (SSSR count). The summed E-state index contributed by atoms with van der Waals surface area (Å²) in [6.07, 6.45) is 0. The lowest BCUT2D eigenvalue weighted by Gasteiger charge is -2.29. The molecular formula is C16H24BrNO. The lowest BCUT2D eigenvalue weighted by Crippen LogP contribution is -2.34. The average Bonchev–Trinajstić information content (AvgIpc) is 2.25. The summed E-state index contributed by atoms with van der Waals surface area (Å²) in [6, 6.07) is 6.64. The first-order valence-electron chi connectivity index (χ1n) is 6.59. The molecule has 0 aliphatic carbocycles. The topological polar surface area (TPSA) is 29.1 Å². The quantitative estimate of drug-likeness (QED) is 0.634. The van der Waals surface area contributed by atoms with Gasteiger partial charge in [0.1, 0.15) is 0 Å². The van der Waals surface area contributed by atoms with Gasteiger partial charge in [-0.3, -0.25) is 4.79 Å². The summed E-state index contributed by atoms with van der Waals surface area (Å²) in [5.41, 5.74) is 3.98. The van der Waals surface area contributed by atoms with Gasteiger partial charge in [-0.25, -0.2) is 0 Å². The van der Waals surface area contributed by atoms with E-state index in [0.717, 1.165) is 0 Å². The van der Waals surface area contributed by atoms with E-state index in [2.05, 4.69) is 81.0 Å². The second-order valence-corrected chi connectivity index (χ2v) is 7.51. The third kappa shape index (κ3) is 4.34. The summed E-state index contributed by atoms with van der Waals surface area (Å²) in [7, 11) is 0. The fraction of sp³-hybridized carbons (Fsp3) is 0.562. The molecule has 1 aromatic rings. The number of hydrogen-bond donors (Lipinski definition) is 1. The zero-order valence-corrected chi connectivity index (χ0v) is 14.3. The van der Waals surface area contributed by atoms with Crippen LogP contribution < -0.4 is 5.32 Å². The highest BCUT2D eigenvalue weighted by atomic mass is 79.9. The van der Waals surface area contributed by atoms with Crippen molar-refractivity contribution in [1.29, 1.82) is 0 Å². The van der Waals surface area contributed by atoms with Crippen LogP contribution in [0.2, 0.25) is 0 Å². The molecule has 106 valence electrons. The van der Waals surface area contributed by atoms with E-state index in [1.54, 1.807) is 0 Å². The van der Waals surface area contributed by atoms with Gasteiger partial charge in [0, 0.05) is 27.9 Å². The second kappa shape index (κ2) is 5.66. The predicted molar refractivity (Wildman–Crippen MR) is 85.2 cm³/mol. The standard InChI is InChI=1S/C16H24BrNO/c1-11-9-12(15(2,3)4)7-8-13(11)16(5,6)10-18-14(17)19/h7-9H,10H2,1-6H3,(H,18,19). The van der Waals surface area contributed by atoms with Gasteiger partial charge in [-0.15, -0.1) is 0 Å². The van der Waals surface area contributed by atoms with Crippen molar-refractivity contribution in [2.45, 2.75) is 52.4 Å². The van der Waals surface area contributed by atoms with Crippen molar-refractivity contribution in [2.24, 2.45) is 0 Å². The molecule has 0 atom stereocenters. The van der Waals surface area contributed by atoms with Gasteiger partial charge < -0.3 is 5.32 Å². The van der Waals surface area contributed by atoms with Crippen LogP contribution in [-0.2, 0) is 10.8 Å². The first-order chi connectivity index (χ1) is 8.54. The lowest BCUT2D eigenvalue weighted by molar-refractivity contribution is 0.259. The molecule has 1 amide bonds. The second-order valence-electron chi connectivity index (χ2n) is 6.79. The van der Waals surface area contributed by atoms with Crippen LogP contribution in [0, 0.1) is 6.92 Å². The number of rotatable bonds is 3. The third-order valence-electron chi connectivity index (χ3n) is 3.49. The van der Waals surface area contributed by atoms with E-state index in [-0.39, 0.29) is 15.6 Å². The molecule has 0 fully saturated rings. The molecule has 0 spiro atoms. The molecule has 0 saturated heterocycles. The Balaban J connectivity index is 3.05. The summed E-state index contributed by atoms with van der Waals surface area (Å²) in [5.74, 6) is 0. The molecule has 0 aliphatic rings. The highest BCUT2D eigenvalue weighted by Crippen LogP contribution is 2.30. The van der Waals surface area contributed by atoms with Crippen molar-refractivity contribution in [3.8, 4) is 0 Å². The molecule has 0 saturated carbocycles. The van der Waals surface area contributed by atoms with Crippen LogP contribution in [0.25, 0.3) is 0 Å². The van der Waals surface area contributed by atoms with Crippen molar-refractivity contribution >= 4 is 20.7 Å². The number of halogens is 1. The van der Waals surface area contributed by atoms with E-state index >= 15 is 0 Å². The number of carbonyl (C=O) groups is 1. The fourth-order valence-electron chi connectivity index (χ4n) is 2.28. The molecular weight excluding hydrogens is 302 g/mol. The fourth-order valence-corrected chi connectivity index (χ4v) is 2.42. The minimum Gasteiger partial charge on any atom is -0.346 e. The summed E-state index contributed by atoms with van der Waals surface area (Å²) in [4.78, 5) is 10.8. The van der Waals surface area contributed by atoms with E-state index in [9.17, 15) is 4.79 Å². The molecule has 0 heterocycles. The number of amides is 1. The average molecular weight is 326 g/mol. The number of hydrogen-bond acceptors (Lipinski definition) is 1. The van der Waals surface area contributed by atoms with Crippen LogP contribution in [0.4, 0.5) is 4.79 Å². The molecule has 19 heavy (non-hydrogen) atoms. The Hall–Kier alpha value is -0.830. The molecule has 0 unspecified atom stereocenters. The van der Waals surface area contributed by atoms with Gasteiger partial charge in [0.15, 0.2) is 0 Å². The lowest BCUT2D eigenvalue weighted by atomic mass is 9.78. The normalized spacial score (nSPS) is 12.4. The maximum absolute atomic E-state index is 11.0. The van der Waals surface area contributed by atoms with Crippen molar-refractivity contribution in [2.75, 3.05) is 6.54 Å². The zero-order valence-electron chi connectivity index (χ0n) is 12.7. The number of nitrogens with one attached hydrogen (secondary N) is 1. The third-order valence-corrected chi connectivity index (χ3v) is 3.77. The minimum absolute atomic E-state index is 0.0794. The van der Waals surface area contributed by atoms with Gasteiger partial charge in [0.05, 0.1) is 0 Å². The van der Waals surface area contributed by atoms with Crippen molar-refractivity contribution < 1.29 is 4.79 Å². The monoisotopic (exact) mass is 325 g/mol. The molecule has 1 aromatic carbocycles. The van der Waals surface area contributed by atoms with Crippen LogP contribution in [0.5, 0.6) is 0 Å². The van der Waals surface area contributed by atoms with Crippen LogP contribution in [0.3, 0.4) is 0 Å². The Kier molecular flexibility index (Phi) is 4.83. The molecule has 0 aliphatic heterocycles. The van der Waals surface area contributed by atoms with Crippen LogP contribution in [-0.4, -0.2) is 11.4 Å². The summed E-state index contributed by atoms with van der Waals surface area (Å²) >= 11 is 2.91. The van der Waals surface area contributed by atoms with Gasteiger partial charge in [0.2, 0.25) is 0 Å². The van der Waals surface area contributed by atoms with Crippen molar-refractivity contribution in [1.82, 2.24) is 5.32 Å².